The first kappa shape index (κ1) is 22.2. The predicted molar refractivity (Wildman–Crippen MR) is 114 cm³/mol. The van der Waals surface area contributed by atoms with E-state index in [1.165, 1.54) is 0 Å². The molecule has 1 aromatic carbocycles. The maximum Gasteiger partial charge on any atom is 0.241 e. The molecule has 2 atom stereocenters. The molecule has 1 fully saturated rings. The number of fused-ring (bicyclic) bond motifs is 1. The van der Waals surface area contributed by atoms with Crippen molar-refractivity contribution in [3.63, 3.8) is 0 Å². The van der Waals surface area contributed by atoms with Crippen LogP contribution < -0.4 is 10.2 Å². The fourth-order valence-corrected chi connectivity index (χ4v) is 5.10. The number of methoxy groups -OCH3 is 1. The minimum atomic E-state index is -3.34. The number of carbonyl (C=O) groups is 1. The Morgan fingerprint density at radius 1 is 1.31 bits per heavy atom. The normalized spacial score (nSPS) is 27.1. The van der Waals surface area contributed by atoms with Crippen LogP contribution in [0.15, 0.2) is 23.1 Å². The van der Waals surface area contributed by atoms with Crippen LogP contribution in [0, 0.1) is 0 Å². The lowest BCUT2D eigenvalue weighted by molar-refractivity contribution is -0.150. The van der Waals surface area contributed by atoms with Gasteiger partial charge in [0.05, 0.1) is 17.2 Å². The molecule has 2 aliphatic rings. The smallest absolute Gasteiger partial charge is 0.241 e. The van der Waals surface area contributed by atoms with Crippen molar-refractivity contribution in [3.8, 4) is 0 Å². The van der Waals surface area contributed by atoms with Gasteiger partial charge in [-0.3, -0.25) is 9.69 Å². The molecule has 29 heavy (non-hydrogen) atoms. The molecule has 1 aromatic rings. The first-order valence-electron chi connectivity index (χ1n) is 10.1. The Hall–Kier alpha value is -1.48. The molecule has 0 saturated carbocycles. The van der Waals surface area contributed by atoms with Crippen LogP contribution in [0.25, 0.3) is 0 Å². The number of piperazine rings is 1. The lowest BCUT2D eigenvalue weighted by Crippen LogP contribution is -2.65. The molecule has 0 aromatic heterocycles. The number of anilines is 1. The van der Waals surface area contributed by atoms with Crippen LogP contribution in [0.4, 0.5) is 5.69 Å². The molecule has 0 radical (unpaired) electrons. The van der Waals surface area contributed by atoms with Crippen molar-refractivity contribution in [2.24, 2.45) is 0 Å². The molecule has 1 amide bonds. The monoisotopic (exact) mass is 423 g/mol. The molecule has 7 nitrogen and oxygen atoms in total. The Kier molecular flexibility index (Phi) is 5.86. The van der Waals surface area contributed by atoms with E-state index >= 15 is 0 Å². The summed E-state index contributed by atoms with van der Waals surface area (Å²) in [5.74, 6) is -0.00574. The molecular formula is C21H33N3O4S. The summed E-state index contributed by atoms with van der Waals surface area (Å²) in [4.78, 5) is 17.4. The number of rotatable bonds is 5. The second kappa shape index (κ2) is 7.65. The summed E-state index contributed by atoms with van der Waals surface area (Å²) in [6.07, 6.45) is 0. The highest BCUT2D eigenvalue weighted by Gasteiger charge is 2.42. The minimum absolute atomic E-state index is 0.0357. The van der Waals surface area contributed by atoms with E-state index in [2.05, 4.69) is 31.0 Å². The van der Waals surface area contributed by atoms with Gasteiger partial charge in [-0.05, 0) is 31.5 Å². The van der Waals surface area contributed by atoms with Crippen molar-refractivity contribution < 1.29 is 17.9 Å². The fourth-order valence-electron chi connectivity index (χ4n) is 4.20. The van der Waals surface area contributed by atoms with E-state index in [-0.39, 0.29) is 34.6 Å². The quantitative estimate of drug-likeness (QED) is 0.778. The van der Waals surface area contributed by atoms with Crippen molar-refractivity contribution in [1.29, 1.82) is 0 Å². The molecule has 0 unspecified atom stereocenters. The maximum absolute atomic E-state index is 13.4. The van der Waals surface area contributed by atoms with Gasteiger partial charge in [0.2, 0.25) is 5.91 Å². The summed E-state index contributed by atoms with van der Waals surface area (Å²) in [5.41, 5.74) is 0.912. The SMILES string of the molecule is CCS(=O)(=O)c1ccc2c(c1)N(C(=O)CN1C[C@@H](C)NC[C@@]1(C)OC)CC2(C)C. The van der Waals surface area contributed by atoms with Gasteiger partial charge >= 0.3 is 0 Å². The van der Waals surface area contributed by atoms with E-state index in [9.17, 15) is 13.2 Å². The van der Waals surface area contributed by atoms with Crippen LogP contribution in [0.5, 0.6) is 0 Å². The number of hydrogen-bond donors (Lipinski definition) is 1. The van der Waals surface area contributed by atoms with Gasteiger partial charge < -0.3 is 15.0 Å². The van der Waals surface area contributed by atoms with Crippen LogP contribution >= 0.6 is 0 Å². The molecule has 2 aliphatic heterocycles. The van der Waals surface area contributed by atoms with Crippen molar-refractivity contribution in [1.82, 2.24) is 10.2 Å². The topological polar surface area (TPSA) is 79.0 Å². The molecule has 2 heterocycles. The minimum Gasteiger partial charge on any atom is -0.363 e. The highest BCUT2D eigenvalue weighted by atomic mass is 32.2. The van der Waals surface area contributed by atoms with E-state index in [1.807, 2.05) is 13.0 Å². The van der Waals surface area contributed by atoms with Crippen molar-refractivity contribution >= 4 is 21.4 Å². The summed E-state index contributed by atoms with van der Waals surface area (Å²) >= 11 is 0. The number of nitrogens with zero attached hydrogens (tertiary/aromatic N) is 2. The summed E-state index contributed by atoms with van der Waals surface area (Å²) < 4.78 is 30.5. The Morgan fingerprint density at radius 2 is 2.00 bits per heavy atom. The van der Waals surface area contributed by atoms with Crippen molar-refractivity contribution in [3.05, 3.63) is 23.8 Å². The van der Waals surface area contributed by atoms with Crippen LogP contribution in [0.2, 0.25) is 0 Å². The van der Waals surface area contributed by atoms with E-state index in [1.54, 1.807) is 31.1 Å². The zero-order valence-electron chi connectivity index (χ0n) is 18.3. The zero-order chi connectivity index (χ0) is 21.6. The molecule has 1 N–H and O–H groups in total. The van der Waals surface area contributed by atoms with E-state index in [0.717, 1.165) is 5.56 Å². The Balaban J connectivity index is 1.92. The third kappa shape index (κ3) is 4.08. The molecule has 3 rings (SSSR count). The standard InChI is InChI=1S/C21H33N3O4S/c1-7-29(26,27)16-8-9-17-18(10-16)24(14-20(17,3)4)19(25)12-23-11-15(2)22-13-21(23,5)28-6/h8-10,15,22H,7,11-14H2,1-6H3/t15-,21-/m1/s1. The van der Waals surface area contributed by atoms with Gasteiger partial charge in [-0.1, -0.05) is 26.8 Å². The fraction of sp³-hybridized carbons (Fsp3) is 0.667. The zero-order valence-corrected chi connectivity index (χ0v) is 19.1. The van der Waals surface area contributed by atoms with Crippen LogP contribution in [0.1, 0.15) is 40.2 Å². The lowest BCUT2D eigenvalue weighted by atomic mass is 9.87. The average Bonchev–Trinajstić information content (AvgIpc) is 2.95. The summed E-state index contributed by atoms with van der Waals surface area (Å²) in [6, 6.07) is 5.44. The molecule has 0 spiro atoms. The average molecular weight is 424 g/mol. The number of amides is 1. The van der Waals surface area contributed by atoms with Crippen LogP contribution in [0.3, 0.4) is 0 Å². The molecule has 0 bridgehead atoms. The summed E-state index contributed by atoms with van der Waals surface area (Å²) in [6.45, 7) is 11.9. The largest absolute Gasteiger partial charge is 0.363 e. The molecule has 1 saturated heterocycles. The third-order valence-electron chi connectivity index (χ3n) is 6.29. The van der Waals surface area contributed by atoms with Gasteiger partial charge in [0.25, 0.3) is 0 Å². The Bertz CT molecular complexity index is 899. The van der Waals surface area contributed by atoms with Gasteiger partial charge in [-0.2, -0.15) is 0 Å². The molecule has 8 heteroatoms. The van der Waals surface area contributed by atoms with Gasteiger partial charge in [-0.25, -0.2) is 8.42 Å². The van der Waals surface area contributed by atoms with Crippen molar-refractivity contribution in [2.75, 3.05) is 43.9 Å². The first-order valence-corrected chi connectivity index (χ1v) is 11.8. The number of carbonyl (C=O) groups excluding carboxylic acids is 1. The number of ether oxygens (including phenoxy) is 1. The second-order valence-corrected chi connectivity index (χ2v) is 11.3. The lowest BCUT2D eigenvalue weighted by Gasteiger charge is -2.46. The van der Waals surface area contributed by atoms with Gasteiger partial charge in [-0.15, -0.1) is 0 Å². The second-order valence-electron chi connectivity index (χ2n) is 8.99. The number of sulfone groups is 1. The first-order chi connectivity index (χ1) is 13.4. The van der Waals surface area contributed by atoms with Crippen LogP contribution in [-0.2, 0) is 24.8 Å². The van der Waals surface area contributed by atoms with E-state index < -0.39 is 15.6 Å². The number of benzene rings is 1. The maximum atomic E-state index is 13.4. The third-order valence-corrected chi connectivity index (χ3v) is 8.02. The Labute approximate surface area is 174 Å². The molecule has 0 aliphatic carbocycles. The number of nitrogens with one attached hydrogen (secondary N) is 1. The van der Waals surface area contributed by atoms with Crippen molar-refractivity contribution in [2.45, 2.75) is 56.7 Å². The number of hydrogen-bond acceptors (Lipinski definition) is 6. The highest BCUT2D eigenvalue weighted by Crippen LogP contribution is 2.42. The predicted octanol–water partition coefficient (Wildman–Crippen LogP) is 1.76. The summed E-state index contributed by atoms with van der Waals surface area (Å²) in [5, 5.41) is 3.40. The van der Waals surface area contributed by atoms with E-state index in [4.69, 9.17) is 4.74 Å². The van der Waals surface area contributed by atoms with Gasteiger partial charge in [0.15, 0.2) is 9.84 Å². The highest BCUT2D eigenvalue weighted by molar-refractivity contribution is 7.91. The van der Waals surface area contributed by atoms with Crippen LogP contribution in [-0.4, -0.2) is 70.0 Å². The van der Waals surface area contributed by atoms with E-state index in [0.29, 0.717) is 25.3 Å². The Morgan fingerprint density at radius 3 is 2.62 bits per heavy atom. The summed E-state index contributed by atoms with van der Waals surface area (Å²) in [7, 11) is -1.68. The molecule has 162 valence electrons. The van der Waals surface area contributed by atoms with Gasteiger partial charge in [0.1, 0.15) is 5.72 Å². The molecular weight excluding hydrogens is 390 g/mol. The van der Waals surface area contributed by atoms with Gasteiger partial charge in [0, 0.05) is 43.9 Å².